The summed E-state index contributed by atoms with van der Waals surface area (Å²) < 4.78 is 2.85. The number of H-pyrrole nitrogens is 1. The first-order chi connectivity index (χ1) is 9.16. The molecule has 6 nitrogen and oxygen atoms in total. The predicted octanol–water partition coefficient (Wildman–Crippen LogP) is 2.27. The third-order valence-corrected chi connectivity index (χ3v) is 3.92. The summed E-state index contributed by atoms with van der Waals surface area (Å²) in [5.74, 6) is 0.556. The van der Waals surface area contributed by atoms with Crippen LogP contribution in [0.2, 0.25) is 0 Å². The molecule has 96 valence electrons. The first kappa shape index (κ1) is 12.3. The number of halogens is 1. The van der Waals surface area contributed by atoms with E-state index in [0.717, 1.165) is 15.0 Å². The average Bonchev–Trinajstić information content (AvgIpc) is 2.99. The van der Waals surface area contributed by atoms with Crippen LogP contribution < -0.4 is 0 Å². The lowest BCUT2D eigenvalue weighted by atomic mass is 10.1. The van der Waals surface area contributed by atoms with Crippen molar-refractivity contribution in [2.75, 3.05) is 0 Å². The third-order valence-electron chi connectivity index (χ3n) is 2.88. The van der Waals surface area contributed by atoms with E-state index < -0.39 is 0 Å². The maximum atomic E-state index is 4.42. The van der Waals surface area contributed by atoms with Crippen LogP contribution in [0.1, 0.15) is 11.1 Å². The highest BCUT2D eigenvalue weighted by molar-refractivity contribution is 14.1. The van der Waals surface area contributed by atoms with Crippen molar-refractivity contribution in [3.63, 3.8) is 0 Å². The van der Waals surface area contributed by atoms with Crippen LogP contribution in [0.25, 0.3) is 17.1 Å². The van der Waals surface area contributed by atoms with Gasteiger partial charge < -0.3 is 0 Å². The summed E-state index contributed by atoms with van der Waals surface area (Å²) in [5, 5.41) is 18.4. The van der Waals surface area contributed by atoms with Gasteiger partial charge in [0.1, 0.15) is 3.70 Å². The van der Waals surface area contributed by atoms with Crippen LogP contribution in [0.3, 0.4) is 0 Å². The molecule has 0 aliphatic heterocycles. The molecule has 0 saturated carbocycles. The molecule has 2 aromatic heterocycles. The summed E-state index contributed by atoms with van der Waals surface area (Å²) in [7, 11) is 0. The lowest BCUT2D eigenvalue weighted by Gasteiger charge is -2.08. The van der Waals surface area contributed by atoms with Gasteiger partial charge in [0.2, 0.25) is 5.82 Å². The van der Waals surface area contributed by atoms with Gasteiger partial charge in [0, 0.05) is 0 Å². The van der Waals surface area contributed by atoms with Gasteiger partial charge in [0.25, 0.3) is 0 Å². The number of hydrogen-bond acceptors (Lipinski definition) is 4. The SMILES string of the molecule is Cc1ccc(-n2ncc(-c3nn[nH]n3)c2I)c(C)c1. The van der Waals surface area contributed by atoms with Gasteiger partial charge in [-0.2, -0.15) is 10.3 Å². The Bertz CT molecular complexity index is 716. The molecule has 0 radical (unpaired) electrons. The second kappa shape index (κ2) is 4.72. The highest BCUT2D eigenvalue weighted by Crippen LogP contribution is 2.25. The zero-order valence-corrected chi connectivity index (χ0v) is 12.6. The minimum absolute atomic E-state index is 0.556. The van der Waals surface area contributed by atoms with E-state index in [1.165, 1.54) is 11.1 Å². The second-order valence-electron chi connectivity index (χ2n) is 4.29. The topological polar surface area (TPSA) is 72.3 Å². The zero-order valence-electron chi connectivity index (χ0n) is 10.4. The van der Waals surface area contributed by atoms with Crippen molar-refractivity contribution in [2.24, 2.45) is 0 Å². The van der Waals surface area contributed by atoms with Crippen molar-refractivity contribution in [1.29, 1.82) is 0 Å². The molecule has 0 saturated heterocycles. The van der Waals surface area contributed by atoms with Gasteiger partial charge in [-0.15, -0.1) is 10.2 Å². The minimum atomic E-state index is 0.556. The van der Waals surface area contributed by atoms with Gasteiger partial charge in [-0.1, -0.05) is 17.7 Å². The Balaban J connectivity index is 2.12. The summed E-state index contributed by atoms with van der Waals surface area (Å²) in [6.45, 7) is 4.16. The van der Waals surface area contributed by atoms with E-state index in [-0.39, 0.29) is 0 Å². The molecule has 0 fully saturated rings. The van der Waals surface area contributed by atoms with E-state index in [1.807, 2.05) is 4.68 Å². The number of nitrogens with zero attached hydrogens (tertiary/aromatic N) is 5. The van der Waals surface area contributed by atoms with E-state index in [1.54, 1.807) is 6.20 Å². The standard InChI is InChI=1S/C12H11IN6/c1-7-3-4-10(8(2)5-7)19-11(13)9(6-14-19)12-15-17-18-16-12/h3-6H,1-2H3,(H,15,16,17,18). The molecule has 2 heterocycles. The Morgan fingerprint density at radius 3 is 2.79 bits per heavy atom. The summed E-state index contributed by atoms with van der Waals surface area (Å²) >= 11 is 2.24. The fraction of sp³-hybridized carbons (Fsp3) is 0.167. The molecule has 1 N–H and O–H groups in total. The van der Waals surface area contributed by atoms with Gasteiger partial charge in [0.15, 0.2) is 0 Å². The number of aryl methyl sites for hydroxylation is 2. The van der Waals surface area contributed by atoms with E-state index in [0.29, 0.717) is 5.82 Å². The van der Waals surface area contributed by atoms with Crippen molar-refractivity contribution >= 4 is 22.6 Å². The highest BCUT2D eigenvalue weighted by Gasteiger charge is 2.15. The van der Waals surface area contributed by atoms with Crippen molar-refractivity contribution in [2.45, 2.75) is 13.8 Å². The Labute approximate surface area is 123 Å². The summed E-state index contributed by atoms with van der Waals surface area (Å²) in [5.41, 5.74) is 4.35. The van der Waals surface area contributed by atoms with Crippen LogP contribution >= 0.6 is 22.6 Å². The maximum absolute atomic E-state index is 4.42. The van der Waals surface area contributed by atoms with Gasteiger partial charge >= 0.3 is 0 Å². The highest BCUT2D eigenvalue weighted by atomic mass is 127. The largest absolute Gasteiger partial charge is 0.227 e. The molecule has 0 amide bonds. The van der Waals surface area contributed by atoms with Gasteiger partial charge in [-0.3, -0.25) is 0 Å². The van der Waals surface area contributed by atoms with Crippen LogP contribution in [0, 0.1) is 17.5 Å². The summed E-state index contributed by atoms with van der Waals surface area (Å²) in [6.07, 6.45) is 1.76. The third kappa shape index (κ3) is 2.14. The lowest BCUT2D eigenvalue weighted by molar-refractivity contribution is 0.851. The predicted molar refractivity (Wildman–Crippen MR) is 78.9 cm³/mol. The number of aromatic amines is 1. The van der Waals surface area contributed by atoms with Crippen LogP contribution in [0.15, 0.2) is 24.4 Å². The Hall–Kier alpha value is -1.77. The molecule has 0 bridgehead atoms. The smallest absolute Gasteiger partial charge is 0.208 e. The maximum Gasteiger partial charge on any atom is 0.208 e. The molecule has 3 aromatic rings. The van der Waals surface area contributed by atoms with Crippen LogP contribution in [-0.2, 0) is 0 Å². The molecule has 0 spiro atoms. The molecular weight excluding hydrogens is 355 g/mol. The first-order valence-corrected chi connectivity index (χ1v) is 6.79. The lowest BCUT2D eigenvalue weighted by Crippen LogP contribution is -2.01. The summed E-state index contributed by atoms with van der Waals surface area (Å²) in [4.78, 5) is 0. The number of nitrogens with one attached hydrogen (secondary N) is 1. The first-order valence-electron chi connectivity index (χ1n) is 5.72. The van der Waals surface area contributed by atoms with Crippen LogP contribution in [0.5, 0.6) is 0 Å². The van der Waals surface area contributed by atoms with Crippen molar-refractivity contribution < 1.29 is 0 Å². The quantitative estimate of drug-likeness (QED) is 0.707. The molecule has 19 heavy (non-hydrogen) atoms. The number of benzene rings is 1. The van der Waals surface area contributed by atoms with E-state index >= 15 is 0 Å². The fourth-order valence-corrected chi connectivity index (χ4v) is 2.74. The number of tetrazole rings is 1. The normalized spacial score (nSPS) is 10.9. The van der Waals surface area contributed by atoms with Crippen molar-refractivity contribution in [3.8, 4) is 17.1 Å². The molecule has 0 aliphatic carbocycles. The van der Waals surface area contributed by atoms with Gasteiger partial charge in [-0.05, 0) is 53.3 Å². The second-order valence-corrected chi connectivity index (χ2v) is 5.31. The van der Waals surface area contributed by atoms with Gasteiger partial charge in [0.05, 0.1) is 17.4 Å². The van der Waals surface area contributed by atoms with Gasteiger partial charge in [-0.25, -0.2) is 4.68 Å². The number of hydrogen-bond donors (Lipinski definition) is 1. The molecular formula is C12H11IN6. The summed E-state index contributed by atoms with van der Waals surface area (Å²) in [6, 6.07) is 6.29. The number of rotatable bonds is 2. The number of aromatic nitrogens is 6. The Morgan fingerprint density at radius 1 is 1.26 bits per heavy atom. The molecule has 1 aromatic carbocycles. The van der Waals surface area contributed by atoms with E-state index in [2.05, 4.69) is 80.4 Å². The van der Waals surface area contributed by atoms with Crippen molar-refractivity contribution in [3.05, 3.63) is 39.2 Å². The fourth-order valence-electron chi connectivity index (χ4n) is 1.97. The van der Waals surface area contributed by atoms with E-state index in [9.17, 15) is 0 Å². The zero-order chi connectivity index (χ0) is 13.4. The van der Waals surface area contributed by atoms with Crippen LogP contribution in [-0.4, -0.2) is 30.4 Å². The monoisotopic (exact) mass is 366 g/mol. The molecule has 7 heteroatoms. The van der Waals surface area contributed by atoms with Crippen LogP contribution in [0.4, 0.5) is 0 Å². The van der Waals surface area contributed by atoms with E-state index in [4.69, 9.17) is 0 Å². The molecule has 0 atom stereocenters. The van der Waals surface area contributed by atoms with Crippen molar-refractivity contribution in [1.82, 2.24) is 30.4 Å². The Kier molecular flexibility index (Phi) is 3.05. The molecule has 0 aliphatic rings. The Morgan fingerprint density at radius 2 is 2.11 bits per heavy atom. The average molecular weight is 366 g/mol. The molecule has 3 rings (SSSR count). The minimum Gasteiger partial charge on any atom is -0.227 e. The molecule has 0 unspecified atom stereocenters.